The Hall–Kier alpha value is -1.49. The summed E-state index contributed by atoms with van der Waals surface area (Å²) < 4.78 is 27.8. The second kappa shape index (κ2) is 7.63. The van der Waals surface area contributed by atoms with Gasteiger partial charge in [0.25, 0.3) is 0 Å². The van der Waals surface area contributed by atoms with Gasteiger partial charge in [-0.25, -0.2) is 8.78 Å². The summed E-state index contributed by atoms with van der Waals surface area (Å²) in [6.07, 6.45) is 9.18. The summed E-state index contributed by atoms with van der Waals surface area (Å²) in [4.78, 5) is 15.1. The van der Waals surface area contributed by atoms with Gasteiger partial charge in [-0.05, 0) is 50.8 Å². The molecule has 4 rings (SSSR count). The van der Waals surface area contributed by atoms with Crippen molar-refractivity contribution in [3.8, 4) is 0 Å². The first-order chi connectivity index (χ1) is 12.6. The number of nitrogens with one attached hydrogen (secondary N) is 1. The number of hydrogen-bond donors (Lipinski definition) is 1. The maximum atomic E-state index is 13.9. The van der Waals surface area contributed by atoms with Gasteiger partial charge in [-0.15, -0.1) is 0 Å². The molecule has 0 spiro atoms. The van der Waals surface area contributed by atoms with E-state index < -0.39 is 11.6 Å². The first kappa shape index (κ1) is 17.9. The predicted octanol–water partition coefficient (Wildman–Crippen LogP) is 3.98. The van der Waals surface area contributed by atoms with Crippen molar-refractivity contribution >= 4 is 5.91 Å². The Balaban J connectivity index is 1.32. The van der Waals surface area contributed by atoms with Crippen LogP contribution in [0.15, 0.2) is 18.2 Å². The highest BCUT2D eigenvalue weighted by molar-refractivity contribution is 5.83. The molecule has 1 aromatic carbocycles. The average Bonchev–Trinajstić information content (AvgIpc) is 3.43. The van der Waals surface area contributed by atoms with E-state index in [1.54, 1.807) is 0 Å². The molecule has 142 valence electrons. The molecule has 1 saturated heterocycles. The number of carbonyl (C=O) groups excluding carboxylic acids is 1. The first-order valence-electron chi connectivity index (χ1n) is 10.1. The van der Waals surface area contributed by atoms with Gasteiger partial charge >= 0.3 is 0 Å². The average molecular weight is 362 g/mol. The van der Waals surface area contributed by atoms with Crippen molar-refractivity contribution in [2.24, 2.45) is 5.92 Å². The zero-order valence-electron chi connectivity index (χ0n) is 15.2. The van der Waals surface area contributed by atoms with Crippen LogP contribution in [0, 0.1) is 17.6 Å². The Kier molecular flexibility index (Phi) is 5.25. The van der Waals surface area contributed by atoms with Gasteiger partial charge in [0.05, 0.1) is 0 Å². The van der Waals surface area contributed by atoms with Crippen molar-refractivity contribution in [1.82, 2.24) is 10.2 Å². The molecule has 3 aliphatic rings. The van der Waals surface area contributed by atoms with Crippen molar-refractivity contribution in [3.63, 3.8) is 0 Å². The van der Waals surface area contributed by atoms with Crippen LogP contribution in [0.2, 0.25) is 0 Å². The van der Waals surface area contributed by atoms with Crippen molar-refractivity contribution < 1.29 is 13.6 Å². The molecule has 1 aliphatic heterocycles. The minimum absolute atomic E-state index is 0.0341. The van der Waals surface area contributed by atoms with E-state index in [0.29, 0.717) is 12.5 Å². The molecule has 0 aromatic heterocycles. The lowest BCUT2D eigenvalue weighted by molar-refractivity contribution is -0.123. The maximum Gasteiger partial charge on any atom is 0.224 e. The van der Waals surface area contributed by atoms with Gasteiger partial charge in [0.1, 0.15) is 11.6 Å². The van der Waals surface area contributed by atoms with Crippen LogP contribution in [0.5, 0.6) is 0 Å². The van der Waals surface area contributed by atoms with E-state index in [2.05, 4.69) is 10.2 Å². The number of hydrogen-bond acceptors (Lipinski definition) is 2. The topological polar surface area (TPSA) is 32.3 Å². The van der Waals surface area contributed by atoms with Crippen molar-refractivity contribution in [3.05, 3.63) is 35.4 Å². The molecule has 0 bridgehead atoms. The van der Waals surface area contributed by atoms with Gasteiger partial charge in [0, 0.05) is 36.0 Å². The van der Waals surface area contributed by atoms with Gasteiger partial charge in [-0.3, -0.25) is 9.69 Å². The second-order valence-corrected chi connectivity index (χ2v) is 8.22. The monoisotopic (exact) mass is 362 g/mol. The number of rotatable bonds is 4. The van der Waals surface area contributed by atoms with E-state index in [1.807, 2.05) is 0 Å². The number of likely N-dealkylation sites (tertiary alicyclic amines) is 1. The van der Waals surface area contributed by atoms with Gasteiger partial charge in [0.2, 0.25) is 5.91 Å². The summed E-state index contributed by atoms with van der Waals surface area (Å²) in [6.45, 7) is 2.05. The lowest BCUT2D eigenvalue weighted by Crippen LogP contribution is -2.51. The zero-order valence-corrected chi connectivity index (χ0v) is 15.2. The molecule has 2 aliphatic carbocycles. The normalized spacial score (nSPS) is 30.2. The van der Waals surface area contributed by atoms with Crippen molar-refractivity contribution in [2.45, 2.75) is 69.4 Å². The Bertz CT molecular complexity index is 639. The fourth-order valence-electron chi connectivity index (χ4n) is 4.88. The van der Waals surface area contributed by atoms with Gasteiger partial charge in [-0.2, -0.15) is 0 Å². The molecule has 26 heavy (non-hydrogen) atoms. The fraction of sp³-hybridized carbons (Fsp3) is 0.667. The predicted molar refractivity (Wildman–Crippen MR) is 96.8 cm³/mol. The van der Waals surface area contributed by atoms with Gasteiger partial charge in [-0.1, -0.05) is 25.3 Å². The Labute approximate surface area is 154 Å². The van der Waals surface area contributed by atoms with E-state index >= 15 is 0 Å². The molecule has 3 atom stereocenters. The van der Waals surface area contributed by atoms with Crippen molar-refractivity contribution in [2.75, 3.05) is 13.1 Å². The Morgan fingerprint density at radius 3 is 2.50 bits per heavy atom. The Morgan fingerprint density at radius 2 is 1.77 bits per heavy atom. The standard InChI is InChI=1S/C21H28F2N2O/c22-18-9-4-10-19(23)20(18)16-12-17(16)21(26)24-14-6-5-11-25(13-14)15-7-2-1-3-8-15/h4,9-10,14-17H,1-3,5-8,11-13H2,(H,24,26). The lowest BCUT2D eigenvalue weighted by atomic mass is 9.92. The molecular weight excluding hydrogens is 334 g/mol. The summed E-state index contributed by atoms with van der Waals surface area (Å²) in [5, 5.41) is 3.16. The molecule has 3 nitrogen and oxygen atoms in total. The van der Waals surface area contributed by atoms with Crippen molar-refractivity contribution in [1.29, 1.82) is 0 Å². The van der Waals surface area contributed by atoms with E-state index in [4.69, 9.17) is 0 Å². The zero-order chi connectivity index (χ0) is 18.1. The molecule has 3 unspecified atom stereocenters. The first-order valence-corrected chi connectivity index (χ1v) is 10.1. The summed E-state index contributed by atoms with van der Waals surface area (Å²) >= 11 is 0. The fourth-order valence-corrected chi connectivity index (χ4v) is 4.88. The maximum absolute atomic E-state index is 13.9. The minimum atomic E-state index is -0.536. The molecule has 5 heteroatoms. The molecule has 2 saturated carbocycles. The summed E-state index contributed by atoms with van der Waals surface area (Å²) in [5.74, 6) is -1.70. The SMILES string of the molecule is O=C(NC1CCCN(C2CCCCC2)C1)C1CC1c1c(F)cccc1F. The van der Waals surface area contributed by atoms with Crippen LogP contribution < -0.4 is 5.32 Å². The molecule has 3 fully saturated rings. The highest BCUT2D eigenvalue weighted by Crippen LogP contribution is 2.49. The molecule has 1 heterocycles. The number of piperidine rings is 1. The molecule has 0 radical (unpaired) electrons. The highest BCUT2D eigenvalue weighted by Gasteiger charge is 2.47. The van der Waals surface area contributed by atoms with E-state index in [1.165, 1.54) is 50.3 Å². The van der Waals surface area contributed by atoms with Crippen LogP contribution in [0.1, 0.15) is 62.8 Å². The minimum Gasteiger partial charge on any atom is -0.352 e. The quantitative estimate of drug-likeness (QED) is 0.879. The Morgan fingerprint density at radius 1 is 1.04 bits per heavy atom. The number of amides is 1. The summed E-state index contributed by atoms with van der Waals surface area (Å²) in [6, 6.07) is 4.76. The second-order valence-electron chi connectivity index (χ2n) is 8.22. The van der Waals surface area contributed by atoms with Crippen LogP contribution in [0.25, 0.3) is 0 Å². The summed E-state index contributed by atoms with van der Waals surface area (Å²) in [5.41, 5.74) is 0.0835. The van der Waals surface area contributed by atoms with Crippen LogP contribution >= 0.6 is 0 Å². The van der Waals surface area contributed by atoms with E-state index in [9.17, 15) is 13.6 Å². The third-order valence-electron chi connectivity index (χ3n) is 6.39. The van der Waals surface area contributed by atoms with E-state index in [-0.39, 0.29) is 29.3 Å². The molecule has 1 amide bonds. The lowest BCUT2D eigenvalue weighted by Gasteiger charge is -2.40. The number of nitrogens with zero attached hydrogens (tertiary/aromatic N) is 1. The molecule has 1 aromatic rings. The highest BCUT2D eigenvalue weighted by atomic mass is 19.1. The number of benzene rings is 1. The summed E-state index contributed by atoms with van der Waals surface area (Å²) in [7, 11) is 0. The third-order valence-corrected chi connectivity index (χ3v) is 6.39. The van der Waals surface area contributed by atoms with Gasteiger partial charge in [0.15, 0.2) is 0 Å². The number of carbonyl (C=O) groups is 1. The smallest absolute Gasteiger partial charge is 0.224 e. The van der Waals surface area contributed by atoms with Crippen LogP contribution in [0.3, 0.4) is 0 Å². The van der Waals surface area contributed by atoms with Crippen LogP contribution in [-0.4, -0.2) is 36.0 Å². The number of halogens is 2. The van der Waals surface area contributed by atoms with E-state index in [0.717, 1.165) is 25.9 Å². The largest absolute Gasteiger partial charge is 0.352 e. The van der Waals surface area contributed by atoms with Gasteiger partial charge < -0.3 is 5.32 Å². The molecular formula is C21H28F2N2O. The third kappa shape index (κ3) is 3.78. The van der Waals surface area contributed by atoms with Crippen LogP contribution in [-0.2, 0) is 4.79 Å². The molecule has 1 N–H and O–H groups in total. The van der Waals surface area contributed by atoms with Crippen LogP contribution in [0.4, 0.5) is 8.78 Å².